The smallest absolute Gasteiger partial charge is 0.392 e. The van der Waals surface area contributed by atoms with E-state index in [9.17, 15) is 108 Å². The van der Waals surface area contributed by atoms with Crippen molar-refractivity contribution in [3.8, 4) is 0 Å². The van der Waals surface area contributed by atoms with E-state index in [1.54, 1.807) is 0 Å². The molecule has 1 radical (unpaired) electrons. The average molecular weight is 1050 g/mol. The number of rotatable bonds is 12. The molecular formula is C30H45EuF21O6. The first-order valence-corrected chi connectivity index (χ1v) is 15.7. The molecule has 28 heteroatoms. The van der Waals surface area contributed by atoms with Gasteiger partial charge >= 0.3 is 54.1 Å². The minimum atomic E-state index is -6.50. The summed E-state index contributed by atoms with van der Waals surface area (Å²) in [6.07, 6.45) is -38.4. The molecule has 58 heavy (non-hydrogen) atoms. The van der Waals surface area contributed by atoms with Crippen molar-refractivity contribution >= 4 is 0 Å². The van der Waals surface area contributed by atoms with E-state index in [2.05, 4.69) is 0 Å². The first kappa shape index (κ1) is 64.5. The molecule has 0 saturated carbocycles. The van der Waals surface area contributed by atoms with Gasteiger partial charge in [-0.25, -0.2) is 0 Å². The molecule has 0 aromatic heterocycles. The number of aliphatic hydroxyl groups is 6. The van der Waals surface area contributed by atoms with Gasteiger partial charge in [-0.05, 0) is 16.2 Å². The van der Waals surface area contributed by atoms with Crippen LogP contribution in [-0.4, -0.2) is 121 Å². The molecule has 0 saturated heterocycles. The summed E-state index contributed by atoms with van der Waals surface area (Å²) in [7, 11) is 0. The van der Waals surface area contributed by atoms with Gasteiger partial charge in [0.05, 0.1) is 18.3 Å². The monoisotopic (exact) mass is 1050 g/mol. The SMILES string of the molecule is CC(C)(C)C(O)CC(O)C(F)(F)C(F)(F)C(F)(F)F.CC(C)(C)C(O)CC(O)C(F)(F)C(F)(F)C(F)(F)F.CC(C)(C)C(O)CC(O)C(F)(F)C(F)(F)C(F)(F)F.[Eu]. The topological polar surface area (TPSA) is 121 Å². The molecule has 355 valence electrons. The van der Waals surface area contributed by atoms with Gasteiger partial charge in [0.25, 0.3) is 0 Å². The number of halogens is 21. The van der Waals surface area contributed by atoms with Crippen molar-refractivity contribution < 1.29 is 172 Å². The molecule has 0 aromatic carbocycles. The van der Waals surface area contributed by atoms with E-state index in [-0.39, 0.29) is 49.4 Å². The van der Waals surface area contributed by atoms with Crippen LogP contribution in [0.2, 0.25) is 0 Å². The second-order valence-corrected chi connectivity index (χ2v) is 16.0. The quantitative estimate of drug-likeness (QED) is 0.109. The molecule has 0 rings (SSSR count). The van der Waals surface area contributed by atoms with Crippen LogP contribution in [0, 0.1) is 65.6 Å². The fraction of sp³-hybridized carbons (Fsp3) is 1.00. The van der Waals surface area contributed by atoms with Gasteiger partial charge in [-0.2, -0.15) is 92.2 Å². The van der Waals surface area contributed by atoms with E-state index in [1.807, 2.05) is 0 Å². The van der Waals surface area contributed by atoms with Crippen molar-refractivity contribution in [3.63, 3.8) is 0 Å². The first-order valence-electron chi connectivity index (χ1n) is 15.7. The Labute approximate surface area is 359 Å². The third kappa shape index (κ3) is 16.2. The van der Waals surface area contributed by atoms with Crippen LogP contribution in [0.1, 0.15) is 81.6 Å². The third-order valence-corrected chi connectivity index (χ3v) is 7.92. The van der Waals surface area contributed by atoms with Crippen LogP contribution in [0.4, 0.5) is 92.2 Å². The molecule has 6 N–H and O–H groups in total. The van der Waals surface area contributed by atoms with E-state index in [4.69, 9.17) is 15.3 Å². The summed E-state index contributed by atoms with van der Waals surface area (Å²) in [5, 5.41) is 54.9. The Kier molecular flexibility index (Phi) is 22.9. The Balaban J connectivity index is -0.000000374. The van der Waals surface area contributed by atoms with Crippen LogP contribution in [-0.2, 0) is 0 Å². The fourth-order valence-corrected chi connectivity index (χ4v) is 3.33. The summed E-state index contributed by atoms with van der Waals surface area (Å²) in [6.45, 7) is 12.2. The van der Waals surface area contributed by atoms with E-state index >= 15 is 0 Å². The number of hydrogen-bond acceptors (Lipinski definition) is 6. The molecule has 6 atom stereocenters. The standard InChI is InChI=1S/3C10H15F7O2.Eu/c3*1-7(2,3)5(18)4-6(19)8(11,12)9(13,14)10(15,16)17;/h3*5-6,18-19H,4H2,1-3H3;. The van der Waals surface area contributed by atoms with Crippen LogP contribution in [0.25, 0.3) is 0 Å². The van der Waals surface area contributed by atoms with Crippen molar-refractivity contribution in [2.24, 2.45) is 16.2 Å². The Hall–Kier alpha value is -0.126. The molecule has 0 bridgehead atoms. The zero-order chi connectivity index (χ0) is 47.6. The molecule has 0 amide bonds. The molecule has 0 spiro atoms. The second kappa shape index (κ2) is 20.6. The molecule has 0 aliphatic carbocycles. The zero-order valence-electron chi connectivity index (χ0n) is 31.6. The van der Waals surface area contributed by atoms with Gasteiger partial charge in [0.1, 0.15) is 18.3 Å². The summed E-state index contributed by atoms with van der Waals surface area (Å²) in [5.41, 5.74) is -3.15. The minimum Gasteiger partial charge on any atom is -0.392 e. The van der Waals surface area contributed by atoms with Gasteiger partial charge in [0.2, 0.25) is 0 Å². The van der Waals surface area contributed by atoms with Crippen LogP contribution in [0.5, 0.6) is 0 Å². The van der Waals surface area contributed by atoms with Gasteiger partial charge in [0, 0.05) is 68.6 Å². The normalized spacial score (nSPS) is 18.0. The first-order chi connectivity index (χ1) is 24.1. The molecule has 6 unspecified atom stereocenters. The van der Waals surface area contributed by atoms with Gasteiger partial charge in [0.15, 0.2) is 0 Å². The fourth-order valence-electron chi connectivity index (χ4n) is 3.33. The van der Waals surface area contributed by atoms with E-state index < -0.39 is 126 Å². The zero-order valence-corrected chi connectivity index (χ0v) is 34.0. The second-order valence-electron chi connectivity index (χ2n) is 16.0. The van der Waals surface area contributed by atoms with Crippen LogP contribution < -0.4 is 0 Å². The Morgan fingerprint density at radius 3 is 0.483 bits per heavy atom. The van der Waals surface area contributed by atoms with Gasteiger partial charge in [-0.15, -0.1) is 0 Å². The predicted molar refractivity (Wildman–Crippen MR) is 156 cm³/mol. The average Bonchev–Trinajstić information content (AvgIpc) is 2.93. The van der Waals surface area contributed by atoms with Gasteiger partial charge in [-0.1, -0.05) is 62.3 Å². The summed E-state index contributed by atoms with van der Waals surface area (Å²) in [6, 6.07) is 0. The van der Waals surface area contributed by atoms with E-state index in [0.717, 1.165) is 0 Å². The maximum Gasteiger partial charge on any atom is 0.459 e. The van der Waals surface area contributed by atoms with Crippen LogP contribution in [0.3, 0.4) is 0 Å². The Morgan fingerprint density at radius 1 is 0.276 bits per heavy atom. The van der Waals surface area contributed by atoms with E-state index in [0.29, 0.717) is 0 Å². The number of hydrogen-bond donors (Lipinski definition) is 6. The van der Waals surface area contributed by atoms with Crippen molar-refractivity contribution in [3.05, 3.63) is 0 Å². The molecule has 0 aliphatic heterocycles. The molecule has 0 aromatic rings. The predicted octanol–water partition coefficient (Wildman–Crippen LogP) is 8.93. The summed E-state index contributed by atoms with van der Waals surface area (Å²) >= 11 is 0. The summed E-state index contributed by atoms with van der Waals surface area (Å²) < 4.78 is 260. The molecule has 0 fully saturated rings. The molecule has 0 aliphatic rings. The van der Waals surface area contributed by atoms with E-state index in [1.165, 1.54) is 62.3 Å². The van der Waals surface area contributed by atoms with Crippen LogP contribution in [0.15, 0.2) is 0 Å². The van der Waals surface area contributed by atoms with Crippen molar-refractivity contribution in [2.45, 2.75) is 172 Å². The van der Waals surface area contributed by atoms with Gasteiger partial charge < -0.3 is 30.6 Å². The minimum absolute atomic E-state index is 0. The third-order valence-electron chi connectivity index (χ3n) is 7.92. The van der Waals surface area contributed by atoms with Crippen molar-refractivity contribution in [1.29, 1.82) is 0 Å². The van der Waals surface area contributed by atoms with Crippen LogP contribution >= 0.6 is 0 Å². The Bertz CT molecular complexity index is 1070. The summed E-state index contributed by atoms with van der Waals surface area (Å²) in [5.74, 6) is -36.3. The molecule has 0 heterocycles. The Morgan fingerprint density at radius 2 is 0.397 bits per heavy atom. The van der Waals surface area contributed by atoms with Crippen molar-refractivity contribution in [2.75, 3.05) is 0 Å². The molecule has 6 nitrogen and oxygen atoms in total. The maximum atomic E-state index is 13.0. The van der Waals surface area contributed by atoms with Gasteiger partial charge in [-0.3, -0.25) is 0 Å². The molecular weight excluding hydrogens is 1010 g/mol. The number of aliphatic hydroxyl groups excluding tert-OH is 6. The number of alkyl halides is 21. The maximum absolute atomic E-state index is 13.0. The van der Waals surface area contributed by atoms with Crippen molar-refractivity contribution in [1.82, 2.24) is 0 Å². The largest absolute Gasteiger partial charge is 0.459 e. The summed E-state index contributed by atoms with van der Waals surface area (Å²) in [4.78, 5) is 0.